The van der Waals surface area contributed by atoms with Crippen molar-refractivity contribution in [3.8, 4) is 0 Å². The highest BCUT2D eigenvalue weighted by molar-refractivity contribution is 7.16. The van der Waals surface area contributed by atoms with Crippen LogP contribution in [0.25, 0.3) is 10.3 Å². The number of aromatic amines is 1. The molecule has 2 aromatic heterocycles. The fraction of sp³-hybridized carbons (Fsp3) is 0.579. The fourth-order valence-corrected chi connectivity index (χ4v) is 4.25. The summed E-state index contributed by atoms with van der Waals surface area (Å²) in [6, 6.07) is -0.907. The minimum Gasteiger partial charge on any atom is -0.462 e. The predicted octanol–water partition coefficient (Wildman–Crippen LogP) is -0.562. The standard InChI is InChI=1S/C19H25N5O9S.ClH/c1-6(2)10(20)17(28)30-5-9-11(31-7(3)25)12(32-8(4)26)16(33-9)24-14-13(34-19(24)29)15(27)23-18(21)22-14;/h6,9-12,16H,5,20H2,1-4H3,(H3,21,22,23,27);1H/t9-,10+,11-,12-,16-;/m1./s1. The van der Waals surface area contributed by atoms with E-state index in [1.807, 2.05) is 0 Å². The van der Waals surface area contributed by atoms with Crippen LogP contribution < -0.4 is 21.9 Å². The van der Waals surface area contributed by atoms with E-state index < -0.39 is 65.5 Å². The number of H-pyrrole nitrogens is 1. The maximum atomic E-state index is 12.8. The molecule has 0 aromatic carbocycles. The number of fused-ring (bicyclic) bond motifs is 1. The van der Waals surface area contributed by atoms with Crippen molar-refractivity contribution in [3.05, 3.63) is 20.0 Å². The number of nitrogens with one attached hydrogen (secondary N) is 1. The van der Waals surface area contributed by atoms with Crippen LogP contribution in [-0.4, -0.2) is 63.4 Å². The van der Waals surface area contributed by atoms with E-state index in [1.165, 1.54) is 0 Å². The van der Waals surface area contributed by atoms with Crippen LogP contribution >= 0.6 is 23.7 Å². The molecule has 3 rings (SSSR count). The summed E-state index contributed by atoms with van der Waals surface area (Å²) in [6.07, 6.45) is -5.09. The molecule has 5 atom stereocenters. The average Bonchev–Trinajstić information content (AvgIpc) is 3.21. The largest absolute Gasteiger partial charge is 0.462 e. The number of thiazole rings is 1. The summed E-state index contributed by atoms with van der Waals surface area (Å²) in [5.74, 6) is -2.66. The number of ether oxygens (including phenoxy) is 4. The Balaban J connectivity index is 0.00000432. The first-order valence-electron chi connectivity index (χ1n) is 10.2. The molecule has 2 aromatic rings. The van der Waals surface area contributed by atoms with E-state index in [2.05, 4.69) is 9.97 Å². The number of nitrogens with zero attached hydrogens (tertiary/aromatic N) is 2. The Bertz CT molecular complexity index is 1230. The number of carbonyl (C=O) groups is 3. The Hall–Kier alpha value is -3.01. The number of nitrogen functional groups attached to an aromatic ring is 1. The van der Waals surface area contributed by atoms with E-state index in [-0.39, 0.29) is 34.6 Å². The first kappa shape index (κ1) is 28.2. The van der Waals surface area contributed by atoms with Crippen LogP contribution in [0.15, 0.2) is 9.59 Å². The second-order valence-corrected chi connectivity index (χ2v) is 8.92. The maximum Gasteiger partial charge on any atom is 0.323 e. The molecule has 16 heteroatoms. The van der Waals surface area contributed by atoms with Crippen LogP contribution in [-0.2, 0) is 33.3 Å². The number of hydrogen-bond acceptors (Lipinski definition) is 13. The van der Waals surface area contributed by atoms with Gasteiger partial charge in [0, 0.05) is 13.8 Å². The van der Waals surface area contributed by atoms with Gasteiger partial charge in [-0.1, -0.05) is 25.2 Å². The first-order chi connectivity index (χ1) is 15.9. The van der Waals surface area contributed by atoms with Crippen molar-refractivity contribution < 1.29 is 33.3 Å². The summed E-state index contributed by atoms with van der Waals surface area (Å²) >= 11 is 0.579. The van der Waals surface area contributed by atoms with E-state index in [9.17, 15) is 24.0 Å². The molecule has 0 saturated carbocycles. The van der Waals surface area contributed by atoms with Crippen molar-refractivity contribution in [2.75, 3.05) is 12.3 Å². The van der Waals surface area contributed by atoms with Gasteiger partial charge in [0.05, 0.1) is 0 Å². The molecule has 5 N–H and O–H groups in total. The molecule has 1 aliphatic rings. The SMILES string of the molecule is CC(=O)O[C@@H]1[C@H](OC(C)=O)[C@@H](COC(=O)[C@@H](N)C(C)C)O[C@H]1n1c(=O)sc2c(=O)[nH]c(N)nc21.Cl. The molecule has 0 aliphatic carbocycles. The van der Waals surface area contributed by atoms with Gasteiger partial charge in [-0.3, -0.25) is 33.5 Å². The van der Waals surface area contributed by atoms with Crippen molar-refractivity contribution in [1.82, 2.24) is 14.5 Å². The number of halogens is 1. The van der Waals surface area contributed by atoms with Crippen LogP contribution in [0.2, 0.25) is 0 Å². The molecule has 0 radical (unpaired) electrons. The van der Waals surface area contributed by atoms with Crippen molar-refractivity contribution >= 4 is 57.9 Å². The van der Waals surface area contributed by atoms with Crippen LogP contribution in [0.1, 0.15) is 33.9 Å². The van der Waals surface area contributed by atoms with Crippen LogP contribution in [0.3, 0.4) is 0 Å². The molecule has 1 fully saturated rings. The van der Waals surface area contributed by atoms with Gasteiger partial charge in [0.1, 0.15) is 23.5 Å². The third-order valence-electron chi connectivity index (χ3n) is 5.02. The van der Waals surface area contributed by atoms with Gasteiger partial charge in [0.2, 0.25) is 5.95 Å². The van der Waals surface area contributed by atoms with Crippen LogP contribution in [0, 0.1) is 5.92 Å². The Morgan fingerprint density at radius 1 is 1.17 bits per heavy atom. The minimum absolute atomic E-state index is 0. The quantitative estimate of drug-likeness (QED) is 0.301. The van der Waals surface area contributed by atoms with Crippen LogP contribution in [0.5, 0.6) is 0 Å². The third kappa shape index (κ3) is 5.98. The van der Waals surface area contributed by atoms with Crippen molar-refractivity contribution in [1.29, 1.82) is 0 Å². The Morgan fingerprint density at radius 2 is 1.77 bits per heavy atom. The summed E-state index contributed by atoms with van der Waals surface area (Å²) in [4.78, 5) is 66.5. The molecule has 3 heterocycles. The molecule has 0 amide bonds. The second-order valence-electron chi connectivity index (χ2n) is 7.95. The predicted molar refractivity (Wildman–Crippen MR) is 125 cm³/mol. The maximum absolute atomic E-state index is 12.8. The van der Waals surface area contributed by atoms with Gasteiger partial charge in [0.25, 0.3) is 5.56 Å². The van der Waals surface area contributed by atoms with Gasteiger partial charge in [0.15, 0.2) is 24.1 Å². The highest BCUT2D eigenvalue weighted by atomic mass is 35.5. The molecule has 0 spiro atoms. The lowest BCUT2D eigenvalue weighted by molar-refractivity contribution is -0.166. The van der Waals surface area contributed by atoms with E-state index in [0.29, 0.717) is 11.3 Å². The highest BCUT2D eigenvalue weighted by Crippen LogP contribution is 2.35. The summed E-state index contributed by atoms with van der Waals surface area (Å²) < 4.78 is 22.7. The average molecular weight is 536 g/mol. The number of rotatable bonds is 7. The number of anilines is 1. The van der Waals surface area contributed by atoms with E-state index in [1.54, 1.807) is 13.8 Å². The molecule has 0 bridgehead atoms. The topological polar surface area (TPSA) is 208 Å². The lowest BCUT2D eigenvalue weighted by Gasteiger charge is -2.23. The monoisotopic (exact) mass is 535 g/mol. The molecule has 1 aliphatic heterocycles. The van der Waals surface area contributed by atoms with Crippen molar-refractivity contribution in [3.63, 3.8) is 0 Å². The van der Waals surface area contributed by atoms with Gasteiger partial charge >= 0.3 is 22.8 Å². The second kappa shape index (κ2) is 11.2. The Labute approximate surface area is 208 Å². The number of esters is 3. The lowest BCUT2D eigenvalue weighted by atomic mass is 10.1. The molecule has 1 saturated heterocycles. The zero-order valence-corrected chi connectivity index (χ0v) is 20.8. The molecule has 194 valence electrons. The summed E-state index contributed by atoms with van der Waals surface area (Å²) in [7, 11) is 0. The number of carbonyl (C=O) groups excluding carboxylic acids is 3. The zero-order chi connectivity index (χ0) is 25.3. The van der Waals surface area contributed by atoms with Gasteiger partial charge < -0.3 is 30.4 Å². The summed E-state index contributed by atoms with van der Waals surface area (Å²) in [5, 5.41) is 0. The molecular weight excluding hydrogens is 510 g/mol. The fourth-order valence-electron chi connectivity index (χ4n) is 3.40. The van der Waals surface area contributed by atoms with Gasteiger partial charge in [-0.15, -0.1) is 12.4 Å². The van der Waals surface area contributed by atoms with E-state index in [0.717, 1.165) is 18.4 Å². The van der Waals surface area contributed by atoms with E-state index >= 15 is 0 Å². The number of hydrogen-bond donors (Lipinski definition) is 3. The van der Waals surface area contributed by atoms with Gasteiger partial charge in [-0.05, 0) is 5.92 Å². The Morgan fingerprint density at radius 3 is 2.34 bits per heavy atom. The third-order valence-corrected chi connectivity index (χ3v) is 5.96. The highest BCUT2D eigenvalue weighted by Gasteiger charge is 2.51. The lowest BCUT2D eigenvalue weighted by Crippen LogP contribution is -2.43. The summed E-state index contributed by atoms with van der Waals surface area (Å²) in [6.45, 7) is 5.30. The van der Waals surface area contributed by atoms with Gasteiger partial charge in [-0.2, -0.15) is 4.98 Å². The normalized spacial score (nSPS) is 22.5. The Kier molecular flexibility index (Phi) is 9.00. The molecule has 0 unspecified atom stereocenters. The first-order valence-corrected chi connectivity index (χ1v) is 11.0. The number of nitrogens with two attached hydrogens (primary N) is 2. The number of aromatic nitrogens is 3. The van der Waals surface area contributed by atoms with Crippen LogP contribution in [0.4, 0.5) is 5.95 Å². The zero-order valence-electron chi connectivity index (χ0n) is 19.2. The van der Waals surface area contributed by atoms with Gasteiger partial charge in [-0.25, -0.2) is 0 Å². The summed E-state index contributed by atoms with van der Waals surface area (Å²) in [5.41, 5.74) is 10.7. The van der Waals surface area contributed by atoms with E-state index in [4.69, 9.17) is 30.4 Å². The molecule has 14 nitrogen and oxygen atoms in total. The minimum atomic E-state index is -1.37. The molecule has 35 heavy (non-hydrogen) atoms. The van der Waals surface area contributed by atoms with Crippen molar-refractivity contribution in [2.45, 2.75) is 58.3 Å². The smallest absolute Gasteiger partial charge is 0.323 e. The van der Waals surface area contributed by atoms with Crippen molar-refractivity contribution in [2.24, 2.45) is 11.7 Å². The molecular formula is C19H26ClN5O9S.